The Kier molecular flexibility index (Phi) is 6.73. The van der Waals surface area contributed by atoms with Gasteiger partial charge in [0.25, 0.3) is 5.91 Å². The summed E-state index contributed by atoms with van der Waals surface area (Å²) in [5.74, 6) is 1.79. The molecular formula is C32H33N3O3. The SMILES string of the molecule is CCNC(=O)c1noc(-c2ccc(OCc3ccccc3)c(C3CC3)c2)c1-c1ccc2c(c1)CCN(C)C2. The van der Waals surface area contributed by atoms with E-state index in [0.29, 0.717) is 30.5 Å². The van der Waals surface area contributed by atoms with Gasteiger partial charge in [-0.05, 0) is 85.2 Å². The molecule has 0 radical (unpaired) electrons. The van der Waals surface area contributed by atoms with Gasteiger partial charge in [0.2, 0.25) is 0 Å². The van der Waals surface area contributed by atoms with Gasteiger partial charge in [0.15, 0.2) is 11.5 Å². The van der Waals surface area contributed by atoms with Crippen molar-refractivity contribution in [3.63, 3.8) is 0 Å². The summed E-state index contributed by atoms with van der Waals surface area (Å²) < 4.78 is 12.2. The van der Waals surface area contributed by atoms with E-state index in [1.54, 1.807) is 0 Å². The molecule has 1 fully saturated rings. The maximum atomic E-state index is 13.0. The zero-order chi connectivity index (χ0) is 26.1. The molecule has 194 valence electrons. The lowest BCUT2D eigenvalue weighted by Gasteiger charge is -2.25. The van der Waals surface area contributed by atoms with Gasteiger partial charge in [-0.3, -0.25) is 4.79 Å². The first-order valence-corrected chi connectivity index (χ1v) is 13.5. The van der Waals surface area contributed by atoms with Crippen molar-refractivity contribution in [3.8, 4) is 28.2 Å². The van der Waals surface area contributed by atoms with E-state index in [-0.39, 0.29) is 5.91 Å². The van der Waals surface area contributed by atoms with Gasteiger partial charge in [0, 0.05) is 25.2 Å². The summed E-state index contributed by atoms with van der Waals surface area (Å²) in [5, 5.41) is 7.17. The number of benzene rings is 3. The van der Waals surface area contributed by atoms with Crippen molar-refractivity contribution in [2.45, 2.75) is 45.3 Å². The van der Waals surface area contributed by atoms with Crippen LogP contribution in [0.1, 0.15) is 58.4 Å². The summed E-state index contributed by atoms with van der Waals surface area (Å²) in [5.41, 5.74) is 7.92. The number of fused-ring (bicyclic) bond motifs is 1. The maximum Gasteiger partial charge on any atom is 0.274 e. The van der Waals surface area contributed by atoms with Crippen molar-refractivity contribution in [2.75, 3.05) is 20.1 Å². The molecule has 1 aliphatic carbocycles. The third kappa shape index (κ3) is 4.96. The van der Waals surface area contributed by atoms with E-state index in [1.807, 2.05) is 37.3 Å². The van der Waals surface area contributed by atoms with Crippen LogP contribution in [-0.2, 0) is 19.6 Å². The van der Waals surface area contributed by atoms with Gasteiger partial charge in [-0.25, -0.2) is 0 Å². The van der Waals surface area contributed by atoms with Gasteiger partial charge in [-0.2, -0.15) is 0 Å². The Balaban J connectivity index is 1.39. The third-order valence-corrected chi connectivity index (χ3v) is 7.47. The molecule has 4 aromatic rings. The van der Waals surface area contributed by atoms with Crippen LogP contribution in [0.3, 0.4) is 0 Å². The lowest BCUT2D eigenvalue weighted by Crippen LogP contribution is -2.26. The number of carbonyl (C=O) groups excluding carboxylic acids is 1. The molecule has 0 atom stereocenters. The van der Waals surface area contributed by atoms with E-state index in [4.69, 9.17) is 9.26 Å². The van der Waals surface area contributed by atoms with Crippen LogP contribution >= 0.6 is 0 Å². The fraction of sp³-hybridized carbons (Fsp3) is 0.312. The second-order valence-corrected chi connectivity index (χ2v) is 10.4. The second kappa shape index (κ2) is 10.5. The normalized spacial score (nSPS) is 15.2. The van der Waals surface area contributed by atoms with E-state index in [1.165, 1.54) is 16.7 Å². The molecule has 6 rings (SSSR count). The van der Waals surface area contributed by atoms with Crippen molar-refractivity contribution in [1.82, 2.24) is 15.4 Å². The van der Waals surface area contributed by atoms with Gasteiger partial charge in [-0.15, -0.1) is 0 Å². The first-order valence-electron chi connectivity index (χ1n) is 13.5. The molecule has 2 heterocycles. The van der Waals surface area contributed by atoms with Crippen molar-refractivity contribution >= 4 is 5.91 Å². The van der Waals surface area contributed by atoms with Gasteiger partial charge >= 0.3 is 0 Å². The molecule has 0 bridgehead atoms. The van der Waals surface area contributed by atoms with E-state index in [9.17, 15) is 4.79 Å². The molecular weight excluding hydrogens is 474 g/mol. The zero-order valence-corrected chi connectivity index (χ0v) is 22.0. The van der Waals surface area contributed by atoms with E-state index >= 15 is 0 Å². The van der Waals surface area contributed by atoms with Crippen LogP contribution in [0.15, 0.2) is 71.3 Å². The fourth-order valence-electron chi connectivity index (χ4n) is 5.27. The minimum atomic E-state index is -0.222. The van der Waals surface area contributed by atoms with Crippen LogP contribution in [0.25, 0.3) is 22.5 Å². The number of carbonyl (C=O) groups is 1. The summed E-state index contributed by atoms with van der Waals surface area (Å²) >= 11 is 0. The van der Waals surface area contributed by atoms with Crippen molar-refractivity contribution < 1.29 is 14.1 Å². The fourth-order valence-corrected chi connectivity index (χ4v) is 5.27. The van der Waals surface area contributed by atoms with Gasteiger partial charge in [-0.1, -0.05) is 53.7 Å². The summed E-state index contributed by atoms with van der Waals surface area (Å²) in [6, 6.07) is 22.9. The lowest BCUT2D eigenvalue weighted by atomic mass is 9.92. The standard InChI is InChI=1S/C32H33N3O3/c1-3-33-32(36)30-29(24-11-12-26-19-35(2)16-15-23(26)17-24)31(38-34-30)25-13-14-28(27(18-25)22-9-10-22)37-20-21-7-5-4-6-8-21/h4-8,11-14,17-18,22H,3,9-10,15-16,19-20H2,1-2H3,(H,33,36). The summed E-state index contributed by atoms with van der Waals surface area (Å²) in [6.07, 6.45) is 3.28. The van der Waals surface area contributed by atoms with Crippen LogP contribution < -0.4 is 10.1 Å². The maximum absolute atomic E-state index is 13.0. The Bertz CT molecular complexity index is 1460. The summed E-state index contributed by atoms with van der Waals surface area (Å²) in [6.45, 7) is 4.91. The van der Waals surface area contributed by atoms with Crippen LogP contribution in [0, 0.1) is 0 Å². The molecule has 38 heavy (non-hydrogen) atoms. The Morgan fingerprint density at radius 1 is 1.05 bits per heavy atom. The highest BCUT2D eigenvalue weighted by molar-refractivity contribution is 6.02. The molecule has 3 aromatic carbocycles. The minimum absolute atomic E-state index is 0.222. The molecule has 2 aliphatic rings. The van der Waals surface area contributed by atoms with Crippen LogP contribution in [-0.4, -0.2) is 36.1 Å². The monoisotopic (exact) mass is 507 g/mol. The van der Waals surface area contributed by atoms with E-state index in [0.717, 1.165) is 60.4 Å². The highest BCUT2D eigenvalue weighted by atomic mass is 16.5. The predicted octanol–water partition coefficient (Wildman–Crippen LogP) is 6.20. The van der Waals surface area contributed by atoms with Crippen LogP contribution in [0.4, 0.5) is 0 Å². The molecule has 0 unspecified atom stereocenters. The topological polar surface area (TPSA) is 67.6 Å². The Labute approximate surface area is 223 Å². The number of likely N-dealkylation sites (N-methyl/N-ethyl adjacent to an activating group) is 1. The third-order valence-electron chi connectivity index (χ3n) is 7.47. The Morgan fingerprint density at radius 3 is 2.66 bits per heavy atom. The number of amides is 1. The average molecular weight is 508 g/mol. The quantitative estimate of drug-likeness (QED) is 0.307. The number of nitrogens with one attached hydrogen (secondary N) is 1. The molecule has 6 nitrogen and oxygen atoms in total. The van der Waals surface area contributed by atoms with Crippen molar-refractivity contribution in [2.24, 2.45) is 0 Å². The first kappa shape index (κ1) is 24.4. The Hall–Kier alpha value is -3.90. The molecule has 1 N–H and O–H groups in total. The van der Waals surface area contributed by atoms with Crippen LogP contribution in [0.2, 0.25) is 0 Å². The molecule has 1 saturated carbocycles. The minimum Gasteiger partial charge on any atom is -0.489 e. The smallest absolute Gasteiger partial charge is 0.274 e. The van der Waals surface area contributed by atoms with Gasteiger partial charge < -0.3 is 19.5 Å². The molecule has 1 aliphatic heterocycles. The largest absolute Gasteiger partial charge is 0.489 e. The molecule has 0 spiro atoms. The van der Waals surface area contributed by atoms with E-state index < -0.39 is 0 Å². The average Bonchev–Trinajstić information content (AvgIpc) is 3.70. The number of ether oxygens (including phenoxy) is 1. The second-order valence-electron chi connectivity index (χ2n) is 10.4. The Morgan fingerprint density at radius 2 is 1.87 bits per heavy atom. The van der Waals surface area contributed by atoms with Crippen molar-refractivity contribution in [1.29, 1.82) is 0 Å². The number of hydrogen-bond acceptors (Lipinski definition) is 5. The van der Waals surface area contributed by atoms with Gasteiger partial charge in [0.05, 0.1) is 5.56 Å². The lowest BCUT2D eigenvalue weighted by molar-refractivity contribution is 0.0947. The molecule has 1 amide bonds. The number of rotatable bonds is 8. The molecule has 0 saturated heterocycles. The highest BCUT2D eigenvalue weighted by Gasteiger charge is 2.30. The number of aromatic nitrogens is 1. The molecule has 6 heteroatoms. The molecule has 1 aromatic heterocycles. The number of hydrogen-bond donors (Lipinski definition) is 1. The summed E-state index contributed by atoms with van der Waals surface area (Å²) in [4.78, 5) is 15.3. The predicted molar refractivity (Wildman–Crippen MR) is 148 cm³/mol. The summed E-state index contributed by atoms with van der Waals surface area (Å²) in [7, 11) is 2.15. The van der Waals surface area contributed by atoms with Gasteiger partial charge in [0.1, 0.15) is 12.4 Å². The van der Waals surface area contributed by atoms with E-state index in [2.05, 4.69) is 58.8 Å². The number of nitrogens with zero attached hydrogens (tertiary/aromatic N) is 2. The highest BCUT2D eigenvalue weighted by Crippen LogP contribution is 2.47. The first-order chi connectivity index (χ1) is 18.6. The van der Waals surface area contributed by atoms with Crippen molar-refractivity contribution in [3.05, 3.63) is 94.7 Å². The van der Waals surface area contributed by atoms with Crippen LogP contribution in [0.5, 0.6) is 5.75 Å². The zero-order valence-electron chi connectivity index (χ0n) is 22.0.